The Morgan fingerprint density at radius 1 is 1.26 bits per heavy atom. The number of fused-ring (bicyclic) bond motifs is 1. The summed E-state index contributed by atoms with van der Waals surface area (Å²) >= 11 is 0. The van der Waals surface area contributed by atoms with E-state index in [4.69, 9.17) is 0 Å². The van der Waals surface area contributed by atoms with Crippen LogP contribution < -0.4 is 16.6 Å². The molecule has 1 aromatic carbocycles. The van der Waals surface area contributed by atoms with E-state index in [2.05, 4.69) is 25.3 Å². The van der Waals surface area contributed by atoms with Crippen LogP contribution in [0.25, 0.3) is 10.9 Å². The third kappa shape index (κ3) is 2.95. The fourth-order valence-electron chi connectivity index (χ4n) is 2.25. The van der Waals surface area contributed by atoms with Gasteiger partial charge in [0.15, 0.2) is 0 Å². The van der Waals surface area contributed by atoms with Crippen LogP contribution in [0.2, 0.25) is 0 Å². The maximum atomic E-state index is 11.8. The Bertz CT molecular complexity index is 972. The van der Waals surface area contributed by atoms with Crippen molar-refractivity contribution in [3.63, 3.8) is 0 Å². The first-order chi connectivity index (χ1) is 11.0. The SMILES string of the molecule is O=c1[nH]c(=O)c2cc(NCCc3cnc[nH]3)c([N+](=O)[O-])cc2[nH]1. The van der Waals surface area contributed by atoms with Gasteiger partial charge in [0.2, 0.25) is 0 Å². The average Bonchev–Trinajstić information content (AvgIpc) is 3.00. The zero-order valence-corrected chi connectivity index (χ0v) is 11.8. The predicted molar refractivity (Wildman–Crippen MR) is 82.6 cm³/mol. The van der Waals surface area contributed by atoms with E-state index in [9.17, 15) is 19.7 Å². The number of nitrogens with zero attached hydrogens (tertiary/aromatic N) is 2. The highest BCUT2D eigenvalue weighted by Crippen LogP contribution is 2.27. The van der Waals surface area contributed by atoms with Crippen molar-refractivity contribution in [1.29, 1.82) is 0 Å². The highest BCUT2D eigenvalue weighted by atomic mass is 16.6. The molecule has 3 aromatic rings. The van der Waals surface area contributed by atoms with E-state index in [1.54, 1.807) is 12.5 Å². The Labute approximate surface area is 127 Å². The van der Waals surface area contributed by atoms with E-state index in [1.165, 1.54) is 12.1 Å². The van der Waals surface area contributed by atoms with E-state index in [0.29, 0.717) is 13.0 Å². The predicted octanol–water partition coefficient (Wildman–Crippen LogP) is 0.502. The molecule has 4 N–H and O–H groups in total. The zero-order chi connectivity index (χ0) is 16.4. The normalized spacial score (nSPS) is 10.8. The number of rotatable bonds is 5. The molecule has 0 radical (unpaired) electrons. The molecule has 0 saturated heterocycles. The number of nitrogens with one attached hydrogen (secondary N) is 4. The Hall–Kier alpha value is -3.43. The molecular formula is C13H12N6O4. The van der Waals surface area contributed by atoms with Gasteiger partial charge in [-0.2, -0.15) is 0 Å². The molecule has 0 amide bonds. The Morgan fingerprint density at radius 3 is 2.78 bits per heavy atom. The fourth-order valence-corrected chi connectivity index (χ4v) is 2.25. The van der Waals surface area contributed by atoms with E-state index in [-0.39, 0.29) is 22.3 Å². The minimum atomic E-state index is -0.711. The molecule has 0 fully saturated rings. The number of aromatic amines is 3. The quantitative estimate of drug-likeness (QED) is 0.397. The summed E-state index contributed by atoms with van der Waals surface area (Å²) in [5.74, 6) is 0. The van der Waals surface area contributed by atoms with Crippen molar-refractivity contribution < 1.29 is 4.92 Å². The van der Waals surface area contributed by atoms with E-state index >= 15 is 0 Å². The molecule has 0 unspecified atom stereocenters. The summed E-state index contributed by atoms with van der Waals surface area (Å²) in [7, 11) is 0. The molecule has 0 aliphatic carbocycles. The molecule has 2 aromatic heterocycles. The smallest absolute Gasteiger partial charge is 0.326 e. The molecule has 0 saturated carbocycles. The molecule has 0 spiro atoms. The Morgan fingerprint density at radius 2 is 2.09 bits per heavy atom. The van der Waals surface area contributed by atoms with Gasteiger partial charge in [-0.05, 0) is 6.07 Å². The first-order valence-corrected chi connectivity index (χ1v) is 6.70. The van der Waals surface area contributed by atoms with E-state index in [1.807, 2.05) is 0 Å². The second-order valence-corrected chi connectivity index (χ2v) is 4.83. The van der Waals surface area contributed by atoms with Gasteiger partial charge in [0.25, 0.3) is 11.2 Å². The van der Waals surface area contributed by atoms with Crippen LogP contribution in [0, 0.1) is 10.1 Å². The van der Waals surface area contributed by atoms with Crippen molar-refractivity contribution in [3.8, 4) is 0 Å². The number of H-pyrrole nitrogens is 3. The molecular weight excluding hydrogens is 304 g/mol. The highest BCUT2D eigenvalue weighted by Gasteiger charge is 2.17. The second-order valence-electron chi connectivity index (χ2n) is 4.83. The first-order valence-electron chi connectivity index (χ1n) is 6.70. The maximum absolute atomic E-state index is 11.8. The molecule has 10 heteroatoms. The van der Waals surface area contributed by atoms with Crippen LogP contribution in [0.5, 0.6) is 0 Å². The van der Waals surface area contributed by atoms with Crippen LogP contribution >= 0.6 is 0 Å². The Balaban J connectivity index is 1.97. The standard InChI is InChI=1S/C13H12N6O4/c20-12-8-3-10(15-2-1-7-5-14-6-16-7)11(19(22)23)4-9(8)17-13(21)18-12/h3-6,15H,1-2H2,(H,14,16)(H2,17,18,20,21). The Kier molecular flexibility index (Phi) is 3.63. The van der Waals surface area contributed by atoms with Gasteiger partial charge < -0.3 is 15.3 Å². The number of anilines is 1. The summed E-state index contributed by atoms with van der Waals surface area (Å²) in [6.45, 7) is 0.412. The average molecular weight is 316 g/mol. The number of aromatic nitrogens is 4. The largest absolute Gasteiger partial charge is 0.379 e. The molecule has 3 rings (SSSR count). The lowest BCUT2D eigenvalue weighted by atomic mass is 10.2. The third-order valence-electron chi connectivity index (χ3n) is 3.32. The van der Waals surface area contributed by atoms with Crippen LogP contribution in [0.4, 0.5) is 11.4 Å². The molecule has 118 valence electrons. The third-order valence-corrected chi connectivity index (χ3v) is 3.32. The van der Waals surface area contributed by atoms with Gasteiger partial charge in [0.1, 0.15) is 5.69 Å². The van der Waals surface area contributed by atoms with Crippen molar-refractivity contribution in [3.05, 3.63) is 61.3 Å². The number of benzene rings is 1. The van der Waals surface area contributed by atoms with E-state index in [0.717, 1.165) is 5.69 Å². The van der Waals surface area contributed by atoms with Crippen molar-refractivity contribution in [2.24, 2.45) is 0 Å². The topological polar surface area (TPSA) is 150 Å². The van der Waals surface area contributed by atoms with Gasteiger partial charge in [0, 0.05) is 30.9 Å². The molecule has 0 atom stereocenters. The second kappa shape index (κ2) is 5.75. The number of imidazole rings is 1. The number of nitro benzene ring substituents is 1. The highest BCUT2D eigenvalue weighted by molar-refractivity contribution is 5.86. The van der Waals surface area contributed by atoms with Crippen molar-refractivity contribution in [2.75, 3.05) is 11.9 Å². The summed E-state index contributed by atoms with van der Waals surface area (Å²) < 4.78 is 0. The summed E-state index contributed by atoms with van der Waals surface area (Å²) in [5, 5.41) is 14.3. The molecule has 23 heavy (non-hydrogen) atoms. The van der Waals surface area contributed by atoms with E-state index < -0.39 is 16.2 Å². The van der Waals surface area contributed by atoms with Gasteiger partial charge in [-0.15, -0.1) is 0 Å². The van der Waals surface area contributed by atoms with Crippen molar-refractivity contribution in [1.82, 2.24) is 19.9 Å². The first kappa shape index (κ1) is 14.5. The maximum Gasteiger partial charge on any atom is 0.326 e. The summed E-state index contributed by atoms with van der Waals surface area (Å²) in [4.78, 5) is 45.0. The monoisotopic (exact) mass is 316 g/mol. The van der Waals surface area contributed by atoms with Crippen LogP contribution in [0.1, 0.15) is 5.69 Å². The molecule has 0 aliphatic heterocycles. The van der Waals surface area contributed by atoms with Gasteiger partial charge >= 0.3 is 5.69 Å². The molecule has 0 bridgehead atoms. The van der Waals surface area contributed by atoms with Crippen LogP contribution in [0.15, 0.2) is 34.2 Å². The number of hydrogen-bond acceptors (Lipinski definition) is 6. The molecule has 2 heterocycles. The van der Waals surface area contributed by atoms with Gasteiger partial charge in [-0.25, -0.2) is 9.78 Å². The summed E-state index contributed by atoms with van der Waals surface area (Å²) in [6.07, 6.45) is 3.78. The minimum Gasteiger partial charge on any atom is -0.379 e. The molecule has 0 aliphatic rings. The van der Waals surface area contributed by atoms with Gasteiger partial charge in [-0.1, -0.05) is 0 Å². The number of hydrogen-bond donors (Lipinski definition) is 4. The van der Waals surface area contributed by atoms with Crippen LogP contribution in [0.3, 0.4) is 0 Å². The minimum absolute atomic E-state index is 0.115. The summed E-state index contributed by atoms with van der Waals surface area (Å²) in [5.41, 5.74) is -0.331. The molecule has 10 nitrogen and oxygen atoms in total. The number of nitro groups is 1. The van der Waals surface area contributed by atoms with Gasteiger partial charge in [0.05, 0.1) is 22.2 Å². The van der Waals surface area contributed by atoms with Crippen LogP contribution in [-0.2, 0) is 6.42 Å². The fraction of sp³-hybridized carbons (Fsp3) is 0.154. The summed E-state index contributed by atoms with van der Waals surface area (Å²) in [6, 6.07) is 2.53. The van der Waals surface area contributed by atoms with Gasteiger partial charge in [-0.3, -0.25) is 19.9 Å². The lowest BCUT2D eigenvalue weighted by Crippen LogP contribution is -2.22. The van der Waals surface area contributed by atoms with Crippen molar-refractivity contribution >= 4 is 22.3 Å². The van der Waals surface area contributed by atoms with Crippen LogP contribution in [-0.4, -0.2) is 31.4 Å². The lowest BCUT2D eigenvalue weighted by molar-refractivity contribution is -0.383. The van der Waals surface area contributed by atoms with Crippen molar-refractivity contribution in [2.45, 2.75) is 6.42 Å². The lowest BCUT2D eigenvalue weighted by Gasteiger charge is -2.07. The zero-order valence-electron chi connectivity index (χ0n) is 11.8.